The van der Waals surface area contributed by atoms with Crippen LogP contribution in [0.15, 0.2) is 265 Å². The predicted molar refractivity (Wildman–Crippen MR) is 304 cm³/mol. The Hall–Kier alpha value is -11.4. The van der Waals surface area contributed by atoms with E-state index >= 15 is 0 Å². The number of carbonyl (C=O) groups excluding carboxylic acids is 4. The zero-order chi connectivity index (χ0) is 56.8. The lowest BCUT2D eigenvalue weighted by Crippen LogP contribution is -2.39. The summed E-state index contributed by atoms with van der Waals surface area (Å²) in [6, 6.07) is 77.6. The summed E-state index contributed by atoms with van der Waals surface area (Å²) in [4.78, 5) is 58.6. The molecule has 392 valence electrons. The SMILES string of the molecule is N#CC(C(=O)OCC(COC(=O)C(C#N)=C(c1ccccc1)c1ccccc1)C(COC(=O)C(C#N)=C(c1ccccc1)c1ccccc1)OC(=O)C(C#N)=C(c1ccccc1)c1ccccc1)=C(c1ccccc1)c1ccccc1. The molecule has 0 aromatic heterocycles. The van der Waals surface area contributed by atoms with Crippen molar-refractivity contribution < 1.29 is 38.1 Å². The summed E-state index contributed by atoms with van der Waals surface area (Å²) in [6.07, 6.45) is -1.76. The van der Waals surface area contributed by atoms with E-state index in [0.717, 1.165) is 0 Å². The number of hydrogen-bond donors (Lipinski definition) is 0. The van der Waals surface area contributed by atoms with Gasteiger partial charge in [0.15, 0.2) is 0 Å². The summed E-state index contributed by atoms with van der Waals surface area (Å²) in [7, 11) is 0. The number of carbonyl (C=O) groups is 4. The molecule has 0 aliphatic rings. The summed E-state index contributed by atoms with van der Waals surface area (Å²) >= 11 is 0. The van der Waals surface area contributed by atoms with Crippen molar-refractivity contribution in [3.05, 3.63) is 309 Å². The smallest absolute Gasteiger partial charge is 0.349 e. The molecule has 8 aromatic carbocycles. The van der Waals surface area contributed by atoms with E-state index in [2.05, 4.69) is 0 Å². The molecule has 8 aromatic rings. The third-order valence-electron chi connectivity index (χ3n) is 12.8. The van der Waals surface area contributed by atoms with Crippen LogP contribution >= 0.6 is 0 Å². The van der Waals surface area contributed by atoms with Crippen molar-refractivity contribution in [3.8, 4) is 24.3 Å². The Morgan fingerprint density at radius 3 is 0.667 bits per heavy atom. The first-order chi connectivity index (χ1) is 39.7. The van der Waals surface area contributed by atoms with Crippen molar-refractivity contribution in [2.45, 2.75) is 6.10 Å². The molecule has 0 saturated carbocycles. The number of rotatable bonds is 20. The monoisotopic (exact) mass is 1060 g/mol. The summed E-state index contributed by atoms with van der Waals surface area (Å²) in [5, 5.41) is 43.1. The fourth-order valence-corrected chi connectivity index (χ4v) is 8.94. The van der Waals surface area contributed by atoms with E-state index in [-0.39, 0.29) is 22.3 Å². The van der Waals surface area contributed by atoms with Crippen molar-refractivity contribution in [2.75, 3.05) is 19.8 Å². The fraction of sp³-hybridized carbons (Fsp3) is 0.0725. The van der Waals surface area contributed by atoms with Gasteiger partial charge in [0.05, 0.1) is 5.92 Å². The summed E-state index contributed by atoms with van der Waals surface area (Å²) in [5.41, 5.74) is 3.22. The molecule has 0 radical (unpaired) electrons. The third kappa shape index (κ3) is 13.9. The molecule has 0 N–H and O–H groups in total. The first kappa shape index (κ1) is 55.8. The minimum Gasteiger partial charge on any atom is -0.461 e. The van der Waals surface area contributed by atoms with E-state index < -0.39 is 78.0 Å². The van der Waals surface area contributed by atoms with Crippen LogP contribution in [0.25, 0.3) is 22.3 Å². The van der Waals surface area contributed by atoms with Crippen molar-refractivity contribution in [3.63, 3.8) is 0 Å². The topological polar surface area (TPSA) is 200 Å². The quantitative estimate of drug-likeness (QED) is 0.0303. The normalized spacial score (nSPS) is 10.6. The Morgan fingerprint density at radius 1 is 0.284 bits per heavy atom. The van der Waals surface area contributed by atoms with Crippen LogP contribution in [0.1, 0.15) is 44.5 Å². The van der Waals surface area contributed by atoms with Crippen molar-refractivity contribution in [2.24, 2.45) is 5.92 Å². The van der Waals surface area contributed by atoms with Gasteiger partial charge in [-0.15, -0.1) is 0 Å². The van der Waals surface area contributed by atoms with Crippen LogP contribution in [0.3, 0.4) is 0 Å². The standard InChI is InChI=1S/C69H48N4O8/c70-41-57(62(48-25-9-1-10-26-48)49-27-11-2-12-28-49)66(74)78-45-56(46-79-67(75)58(42-71)63(50-29-13-3-14-30-50)51-31-15-4-16-32-51)61(81-69(77)60(44-73)65(54-37-21-7-22-38-54)55-39-23-8-24-40-55)47-80-68(76)59(43-72)64(52-33-17-5-18-34-52)53-35-19-6-20-36-53/h1-40,56,61H,45-47H2. The molecule has 0 aliphatic carbocycles. The van der Waals surface area contributed by atoms with E-state index in [9.17, 15) is 40.2 Å². The van der Waals surface area contributed by atoms with Gasteiger partial charge in [0.1, 0.15) is 72.5 Å². The average molecular weight is 1060 g/mol. The molecule has 12 nitrogen and oxygen atoms in total. The molecule has 12 heteroatoms. The highest BCUT2D eigenvalue weighted by molar-refractivity contribution is 6.08. The van der Waals surface area contributed by atoms with E-state index in [4.69, 9.17) is 18.9 Å². The second kappa shape index (κ2) is 28.1. The van der Waals surface area contributed by atoms with Gasteiger partial charge in [-0.25, -0.2) is 19.2 Å². The lowest BCUT2D eigenvalue weighted by molar-refractivity contribution is -0.164. The minimum absolute atomic E-state index is 0.190. The number of nitrogens with zero attached hydrogens (tertiary/aromatic N) is 4. The van der Waals surface area contributed by atoms with Crippen LogP contribution in [0, 0.1) is 51.2 Å². The number of nitriles is 4. The molecular formula is C69H48N4O8. The Labute approximate surface area is 468 Å². The molecule has 0 heterocycles. The molecule has 0 saturated heterocycles. The van der Waals surface area contributed by atoms with Gasteiger partial charge < -0.3 is 18.9 Å². The molecule has 0 amide bonds. The molecule has 8 rings (SSSR count). The zero-order valence-electron chi connectivity index (χ0n) is 43.4. The van der Waals surface area contributed by atoms with Gasteiger partial charge in [-0.2, -0.15) is 21.0 Å². The zero-order valence-corrected chi connectivity index (χ0v) is 43.4. The van der Waals surface area contributed by atoms with Crippen LogP contribution in [0.5, 0.6) is 0 Å². The van der Waals surface area contributed by atoms with Gasteiger partial charge in [-0.05, 0) is 44.5 Å². The highest BCUT2D eigenvalue weighted by Crippen LogP contribution is 2.33. The number of hydrogen-bond acceptors (Lipinski definition) is 12. The lowest BCUT2D eigenvalue weighted by Gasteiger charge is -2.27. The molecule has 81 heavy (non-hydrogen) atoms. The summed E-state index contributed by atoms with van der Waals surface area (Å²) in [6.45, 7) is -2.44. The fourth-order valence-electron chi connectivity index (χ4n) is 8.94. The van der Waals surface area contributed by atoms with E-state index in [1.54, 1.807) is 243 Å². The number of ether oxygens (including phenoxy) is 4. The molecule has 0 spiro atoms. The second-order valence-electron chi connectivity index (χ2n) is 17.9. The first-order valence-corrected chi connectivity index (χ1v) is 25.5. The Balaban J connectivity index is 1.26. The van der Waals surface area contributed by atoms with E-state index in [1.165, 1.54) is 0 Å². The average Bonchev–Trinajstić information content (AvgIpc) is 3.53. The molecule has 1 atom stereocenters. The van der Waals surface area contributed by atoms with Crippen molar-refractivity contribution >= 4 is 46.2 Å². The second-order valence-corrected chi connectivity index (χ2v) is 17.9. The van der Waals surface area contributed by atoms with Crippen LogP contribution in [0.4, 0.5) is 0 Å². The highest BCUT2D eigenvalue weighted by Gasteiger charge is 2.35. The van der Waals surface area contributed by atoms with Gasteiger partial charge in [-0.3, -0.25) is 0 Å². The Morgan fingerprint density at radius 2 is 0.469 bits per heavy atom. The minimum atomic E-state index is -1.76. The van der Waals surface area contributed by atoms with Crippen LogP contribution < -0.4 is 0 Å². The van der Waals surface area contributed by atoms with E-state index in [1.807, 2.05) is 24.3 Å². The predicted octanol–water partition coefficient (Wildman–Crippen LogP) is 12.2. The van der Waals surface area contributed by atoms with E-state index in [0.29, 0.717) is 44.5 Å². The Kier molecular flexibility index (Phi) is 19.3. The molecule has 0 aliphatic heterocycles. The highest BCUT2D eigenvalue weighted by atomic mass is 16.6. The maximum Gasteiger partial charge on any atom is 0.349 e. The van der Waals surface area contributed by atoms with Gasteiger partial charge in [0.25, 0.3) is 0 Å². The molecular weight excluding hydrogens is 1010 g/mol. The lowest BCUT2D eigenvalue weighted by atomic mass is 9.93. The van der Waals surface area contributed by atoms with Crippen LogP contribution in [-0.2, 0) is 38.1 Å². The van der Waals surface area contributed by atoms with Crippen LogP contribution in [-0.4, -0.2) is 49.8 Å². The maximum atomic E-state index is 15.0. The Bertz CT molecular complexity index is 3530. The van der Waals surface area contributed by atoms with Crippen molar-refractivity contribution in [1.82, 2.24) is 0 Å². The molecule has 0 fully saturated rings. The van der Waals surface area contributed by atoms with Gasteiger partial charge >= 0.3 is 23.9 Å². The summed E-state index contributed by atoms with van der Waals surface area (Å²) in [5.74, 6) is -6.09. The maximum absolute atomic E-state index is 15.0. The van der Waals surface area contributed by atoms with Gasteiger partial charge in [0, 0.05) is 22.3 Å². The largest absolute Gasteiger partial charge is 0.461 e. The first-order valence-electron chi connectivity index (χ1n) is 25.5. The number of benzene rings is 8. The van der Waals surface area contributed by atoms with Crippen LogP contribution in [0.2, 0.25) is 0 Å². The van der Waals surface area contributed by atoms with Crippen molar-refractivity contribution in [1.29, 1.82) is 21.0 Å². The molecule has 1 unspecified atom stereocenters. The van der Waals surface area contributed by atoms with Gasteiger partial charge in [-0.1, -0.05) is 243 Å². The summed E-state index contributed by atoms with van der Waals surface area (Å²) < 4.78 is 24.2. The van der Waals surface area contributed by atoms with Gasteiger partial charge in [0.2, 0.25) is 0 Å². The third-order valence-corrected chi connectivity index (χ3v) is 12.8. The number of esters is 4. The molecule has 0 bridgehead atoms.